The van der Waals surface area contributed by atoms with Crippen LogP contribution < -0.4 is 5.73 Å². The van der Waals surface area contributed by atoms with Crippen LogP contribution in [0.2, 0.25) is 0 Å². The second kappa shape index (κ2) is 5.40. The molecule has 1 nitrogen and oxygen atoms in total. The molecule has 1 aliphatic rings. The predicted molar refractivity (Wildman–Crippen MR) is 60.8 cm³/mol. The Balaban J connectivity index is 2.24. The molecule has 1 aliphatic heterocycles. The third-order valence-corrected chi connectivity index (χ3v) is 5.17. The van der Waals surface area contributed by atoms with Crippen LogP contribution in [-0.2, 0) is 0 Å². The van der Waals surface area contributed by atoms with Crippen molar-refractivity contribution in [2.24, 2.45) is 11.7 Å². The summed E-state index contributed by atoms with van der Waals surface area (Å²) < 4.78 is 0.668. The Bertz CT molecular complexity index is 122. The second-order valence-electron chi connectivity index (χ2n) is 3.76. The summed E-state index contributed by atoms with van der Waals surface area (Å²) in [5, 5.41) is 0. The predicted octanol–water partition coefficient (Wildman–Crippen LogP) is 2.56. The molecule has 1 rings (SSSR count). The smallest absolute Gasteiger partial charge is 0.0653 e. The summed E-state index contributed by atoms with van der Waals surface area (Å²) in [6.45, 7) is 4.50. The first-order valence-corrected chi connectivity index (χ1v) is 6.78. The van der Waals surface area contributed by atoms with Gasteiger partial charge in [-0.1, -0.05) is 13.8 Å². The average molecular weight is 205 g/mol. The quantitative estimate of drug-likeness (QED) is 0.767. The zero-order chi connectivity index (χ0) is 8.97. The molecule has 0 bridgehead atoms. The summed E-state index contributed by atoms with van der Waals surface area (Å²) in [4.78, 5) is 0. The molecule has 1 atom stereocenters. The van der Waals surface area contributed by atoms with Gasteiger partial charge in [-0.15, -0.1) is 23.5 Å². The van der Waals surface area contributed by atoms with E-state index in [-0.39, 0.29) is 0 Å². The largest absolute Gasteiger partial charge is 0.326 e. The molecular formula is C9H19NS2. The molecule has 0 aromatic heterocycles. The van der Waals surface area contributed by atoms with Gasteiger partial charge in [-0.3, -0.25) is 0 Å². The van der Waals surface area contributed by atoms with Crippen molar-refractivity contribution in [2.45, 2.75) is 37.3 Å². The van der Waals surface area contributed by atoms with Crippen LogP contribution in [0.25, 0.3) is 0 Å². The Hall–Kier alpha value is 0.660. The molecule has 0 saturated carbocycles. The highest BCUT2D eigenvalue weighted by molar-refractivity contribution is 8.17. The van der Waals surface area contributed by atoms with Crippen molar-refractivity contribution < 1.29 is 0 Å². The number of nitrogens with two attached hydrogens (primary N) is 1. The molecule has 0 spiro atoms. The fourth-order valence-electron chi connectivity index (χ4n) is 1.41. The van der Waals surface area contributed by atoms with Gasteiger partial charge in [-0.05, 0) is 30.3 Å². The van der Waals surface area contributed by atoms with Crippen molar-refractivity contribution in [1.29, 1.82) is 0 Å². The molecule has 12 heavy (non-hydrogen) atoms. The Morgan fingerprint density at radius 3 is 2.42 bits per heavy atom. The summed E-state index contributed by atoms with van der Waals surface area (Å²) >= 11 is 4.10. The highest BCUT2D eigenvalue weighted by Gasteiger charge is 2.21. The normalized spacial score (nSPS) is 23.0. The van der Waals surface area contributed by atoms with Gasteiger partial charge in [0.25, 0.3) is 0 Å². The Labute approximate surface area is 84.2 Å². The lowest BCUT2D eigenvalue weighted by molar-refractivity contribution is 0.515. The van der Waals surface area contributed by atoms with E-state index in [4.69, 9.17) is 5.73 Å². The van der Waals surface area contributed by atoms with E-state index in [9.17, 15) is 0 Å². The SMILES string of the molecule is CC(C)C[C@H](N)C1SCCCS1. The van der Waals surface area contributed by atoms with Gasteiger partial charge >= 0.3 is 0 Å². The molecule has 1 heterocycles. The van der Waals surface area contributed by atoms with Crippen LogP contribution in [0.4, 0.5) is 0 Å². The summed E-state index contributed by atoms with van der Waals surface area (Å²) in [7, 11) is 0. The van der Waals surface area contributed by atoms with Crippen LogP contribution in [0.3, 0.4) is 0 Å². The number of thioether (sulfide) groups is 2. The van der Waals surface area contributed by atoms with Crippen LogP contribution >= 0.6 is 23.5 Å². The van der Waals surface area contributed by atoms with Crippen LogP contribution in [-0.4, -0.2) is 22.1 Å². The standard InChI is InChI=1S/C9H19NS2/c1-7(2)6-8(10)9-11-4-3-5-12-9/h7-9H,3-6,10H2,1-2H3/t8-/m0/s1. The minimum Gasteiger partial charge on any atom is -0.326 e. The lowest BCUT2D eigenvalue weighted by atomic mass is 10.1. The molecule has 72 valence electrons. The van der Waals surface area contributed by atoms with Gasteiger partial charge in [0.1, 0.15) is 0 Å². The molecule has 0 radical (unpaired) electrons. The van der Waals surface area contributed by atoms with Crippen LogP contribution in [0.1, 0.15) is 26.7 Å². The number of hydrogen-bond donors (Lipinski definition) is 1. The van der Waals surface area contributed by atoms with E-state index < -0.39 is 0 Å². The monoisotopic (exact) mass is 205 g/mol. The van der Waals surface area contributed by atoms with Crippen molar-refractivity contribution in [3.05, 3.63) is 0 Å². The molecule has 2 N–H and O–H groups in total. The highest BCUT2D eigenvalue weighted by atomic mass is 32.2. The van der Waals surface area contributed by atoms with Crippen molar-refractivity contribution in [1.82, 2.24) is 0 Å². The molecule has 1 fully saturated rings. The van der Waals surface area contributed by atoms with Gasteiger partial charge in [0, 0.05) is 6.04 Å². The van der Waals surface area contributed by atoms with Crippen molar-refractivity contribution in [3.8, 4) is 0 Å². The maximum Gasteiger partial charge on any atom is 0.0653 e. The van der Waals surface area contributed by atoms with Crippen LogP contribution in [0, 0.1) is 5.92 Å². The number of hydrogen-bond acceptors (Lipinski definition) is 3. The van der Waals surface area contributed by atoms with E-state index >= 15 is 0 Å². The van der Waals surface area contributed by atoms with E-state index in [0.29, 0.717) is 10.6 Å². The Morgan fingerprint density at radius 2 is 1.92 bits per heavy atom. The topological polar surface area (TPSA) is 26.0 Å². The van der Waals surface area contributed by atoms with Gasteiger partial charge in [-0.2, -0.15) is 0 Å². The van der Waals surface area contributed by atoms with E-state index in [0.717, 1.165) is 5.92 Å². The van der Waals surface area contributed by atoms with Gasteiger partial charge in [0.05, 0.1) is 4.58 Å². The second-order valence-corrected chi connectivity index (χ2v) is 6.55. The summed E-state index contributed by atoms with van der Waals surface area (Å²) in [5.74, 6) is 3.36. The first kappa shape index (κ1) is 10.7. The fraction of sp³-hybridized carbons (Fsp3) is 1.00. The molecular weight excluding hydrogens is 186 g/mol. The summed E-state index contributed by atoms with van der Waals surface area (Å²) in [6.07, 6.45) is 2.53. The van der Waals surface area contributed by atoms with Gasteiger partial charge < -0.3 is 5.73 Å². The lowest BCUT2D eigenvalue weighted by Gasteiger charge is -2.27. The van der Waals surface area contributed by atoms with Crippen LogP contribution in [0.15, 0.2) is 0 Å². The van der Waals surface area contributed by atoms with Crippen LogP contribution in [0.5, 0.6) is 0 Å². The van der Waals surface area contributed by atoms with E-state index in [1.54, 1.807) is 0 Å². The third kappa shape index (κ3) is 3.58. The molecule has 0 aromatic rings. The minimum absolute atomic E-state index is 0.403. The zero-order valence-electron chi connectivity index (χ0n) is 7.95. The van der Waals surface area contributed by atoms with Crippen molar-refractivity contribution in [2.75, 3.05) is 11.5 Å². The minimum atomic E-state index is 0.403. The molecule has 0 amide bonds. The maximum absolute atomic E-state index is 6.11. The summed E-state index contributed by atoms with van der Waals surface area (Å²) in [6, 6.07) is 0.403. The Morgan fingerprint density at radius 1 is 1.33 bits per heavy atom. The van der Waals surface area contributed by atoms with E-state index in [2.05, 4.69) is 37.4 Å². The van der Waals surface area contributed by atoms with E-state index in [1.807, 2.05) is 0 Å². The number of rotatable bonds is 3. The van der Waals surface area contributed by atoms with Gasteiger partial charge in [0.2, 0.25) is 0 Å². The first-order chi connectivity index (χ1) is 5.70. The average Bonchev–Trinajstić information content (AvgIpc) is 2.05. The van der Waals surface area contributed by atoms with Crippen molar-refractivity contribution >= 4 is 23.5 Å². The molecule has 1 saturated heterocycles. The highest BCUT2D eigenvalue weighted by Crippen LogP contribution is 2.33. The molecule has 3 heteroatoms. The zero-order valence-corrected chi connectivity index (χ0v) is 9.59. The summed E-state index contributed by atoms with van der Waals surface area (Å²) in [5.41, 5.74) is 6.11. The maximum atomic E-state index is 6.11. The third-order valence-electron chi connectivity index (χ3n) is 1.95. The van der Waals surface area contributed by atoms with Crippen molar-refractivity contribution in [3.63, 3.8) is 0 Å². The fourth-order valence-corrected chi connectivity index (χ4v) is 4.36. The Kier molecular flexibility index (Phi) is 4.84. The first-order valence-electron chi connectivity index (χ1n) is 4.69. The lowest BCUT2D eigenvalue weighted by Crippen LogP contribution is -2.33. The van der Waals surface area contributed by atoms with E-state index in [1.165, 1.54) is 24.3 Å². The molecule has 0 aromatic carbocycles. The molecule has 0 unspecified atom stereocenters. The van der Waals surface area contributed by atoms with Gasteiger partial charge in [-0.25, -0.2) is 0 Å². The van der Waals surface area contributed by atoms with Gasteiger partial charge in [0.15, 0.2) is 0 Å². The molecule has 0 aliphatic carbocycles.